The first kappa shape index (κ1) is 11.0. The van der Waals surface area contributed by atoms with Gasteiger partial charge in [-0.25, -0.2) is 0 Å². The molecular formula is C6H4ClF3N2O2. The van der Waals surface area contributed by atoms with Crippen LogP contribution in [0.4, 0.5) is 13.2 Å². The maximum absolute atomic E-state index is 11.7. The molecule has 1 unspecified atom stereocenters. The van der Waals surface area contributed by atoms with Gasteiger partial charge in [-0.1, -0.05) is 0 Å². The van der Waals surface area contributed by atoms with E-state index in [0.717, 1.165) is 6.20 Å². The summed E-state index contributed by atoms with van der Waals surface area (Å²) in [6.07, 6.45) is -3.60. The Morgan fingerprint density at radius 3 is 2.79 bits per heavy atom. The quantitative estimate of drug-likeness (QED) is 0.679. The standard InChI is InChI=1S/C6H4ClF3N2O2/c7-4-3(1-11-12-5(4)13)14-2-6(8,9)10/h1,4H,2H2. The number of carbonyl (C=O) groups excluding carboxylic acids is 1. The molecule has 0 aromatic rings. The molecule has 0 fully saturated rings. The van der Waals surface area contributed by atoms with Gasteiger partial charge in [-0.2, -0.15) is 18.3 Å². The highest BCUT2D eigenvalue weighted by atomic mass is 35.5. The van der Waals surface area contributed by atoms with Gasteiger partial charge in [0, 0.05) is 0 Å². The third kappa shape index (κ3) is 2.99. The fraction of sp³-hybridized carbons (Fsp3) is 0.500. The highest BCUT2D eigenvalue weighted by Crippen LogP contribution is 2.22. The summed E-state index contributed by atoms with van der Waals surface area (Å²) in [6, 6.07) is 0. The lowest BCUT2D eigenvalue weighted by Crippen LogP contribution is -2.23. The first-order valence-electron chi connectivity index (χ1n) is 3.38. The van der Waals surface area contributed by atoms with Gasteiger partial charge in [0.15, 0.2) is 12.0 Å². The topological polar surface area (TPSA) is 51.0 Å². The number of halogens is 4. The number of carbonyl (C=O) groups is 1. The van der Waals surface area contributed by atoms with Crippen LogP contribution in [0.3, 0.4) is 0 Å². The molecule has 78 valence electrons. The second kappa shape index (κ2) is 3.95. The Kier molecular flexibility index (Phi) is 3.10. The van der Waals surface area contributed by atoms with Crippen molar-refractivity contribution in [3.8, 4) is 0 Å². The zero-order valence-electron chi connectivity index (χ0n) is 6.58. The van der Waals surface area contributed by atoms with Gasteiger partial charge in [0.1, 0.15) is 5.76 Å². The fourth-order valence-electron chi connectivity index (χ4n) is 0.656. The van der Waals surface area contributed by atoms with Crippen LogP contribution in [0, 0.1) is 0 Å². The molecule has 0 saturated carbocycles. The van der Waals surface area contributed by atoms with Crippen molar-refractivity contribution in [2.75, 3.05) is 6.61 Å². The summed E-state index contributed by atoms with van der Waals surface area (Å²) in [4.78, 5) is 10.7. The average Bonchev–Trinajstić information content (AvgIpc) is 2.06. The number of nitrogens with zero attached hydrogens (tertiary/aromatic N) is 2. The molecule has 0 aliphatic carbocycles. The Bertz CT molecular complexity index is 300. The molecule has 0 radical (unpaired) electrons. The molecule has 1 heterocycles. The van der Waals surface area contributed by atoms with Crippen LogP contribution in [0.15, 0.2) is 22.2 Å². The van der Waals surface area contributed by atoms with Crippen molar-refractivity contribution in [1.82, 2.24) is 0 Å². The highest BCUT2D eigenvalue weighted by Gasteiger charge is 2.32. The van der Waals surface area contributed by atoms with E-state index >= 15 is 0 Å². The van der Waals surface area contributed by atoms with Crippen LogP contribution in [-0.4, -0.2) is 24.1 Å². The molecule has 0 saturated heterocycles. The summed E-state index contributed by atoms with van der Waals surface area (Å²) in [5, 5.41) is 4.83. The SMILES string of the molecule is O=C1N=NC=C(OCC(F)(F)F)C1Cl. The zero-order chi connectivity index (χ0) is 10.8. The minimum atomic E-state index is -4.48. The molecule has 1 aliphatic rings. The molecule has 1 atom stereocenters. The van der Waals surface area contributed by atoms with Gasteiger partial charge < -0.3 is 4.74 Å². The van der Waals surface area contributed by atoms with Gasteiger partial charge in [-0.15, -0.1) is 16.7 Å². The van der Waals surface area contributed by atoms with Crippen LogP contribution in [-0.2, 0) is 9.53 Å². The number of hydrogen-bond acceptors (Lipinski definition) is 3. The van der Waals surface area contributed by atoms with Crippen molar-refractivity contribution in [1.29, 1.82) is 0 Å². The maximum atomic E-state index is 11.7. The van der Waals surface area contributed by atoms with Crippen molar-refractivity contribution in [3.05, 3.63) is 12.0 Å². The molecule has 0 spiro atoms. The van der Waals surface area contributed by atoms with Crippen molar-refractivity contribution in [2.45, 2.75) is 11.6 Å². The number of ether oxygens (including phenoxy) is 1. The maximum Gasteiger partial charge on any atom is 0.422 e. The first-order chi connectivity index (χ1) is 6.40. The Hall–Kier alpha value is -1.11. The van der Waals surface area contributed by atoms with Crippen LogP contribution < -0.4 is 0 Å². The number of hydrogen-bond donors (Lipinski definition) is 0. The van der Waals surface area contributed by atoms with Crippen LogP contribution in [0.25, 0.3) is 0 Å². The summed E-state index contributed by atoms with van der Waals surface area (Å²) in [6.45, 7) is -1.51. The number of alkyl halides is 4. The van der Waals surface area contributed by atoms with Crippen LogP contribution in [0.5, 0.6) is 0 Å². The Morgan fingerprint density at radius 2 is 2.21 bits per heavy atom. The predicted octanol–water partition coefficient (Wildman–Crippen LogP) is 2.01. The van der Waals surface area contributed by atoms with E-state index in [2.05, 4.69) is 15.0 Å². The normalized spacial score (nSPS) is 22.1. The fourth-order valence-corrected chi connectivity index (χ4v) is 0.819. The summed E-state index contributed by atoms with van der Waals surface area (Å²) in [7, 11) is 0. The second-order valence-electron chi connectivity index (χ2n) is 2.35. The van der Waals surface area contributed by atoms with E-state index in [1.165, 1.54) is 0 Å². The minimum Gasteiger partial charge on any atom is -0.485 e. The van der Waals surface area contributed by atoms with Gasteiger partial charge in [0.25, 0.3) is 5.91 Å². The second-order valence-corrected chi connectivity index (χ2v) is 2.79. The van der Waals surface area contributed by atoms with E-state index in [1.54, 1.807) is 0 Å². The zero-order valence-corrected chi connectivity index (χ0v) is 7.34. The molecule has 0 bridgehead atoms. The number of amides is 1. The number of azo groups is 1. The lowest BCUT2D eigenvalue weighted by atomic mass is 10.3. The van der Waals surface area contributed by atoms with Gasteiger partial charge in [-0.3, -0.25) is 4.79 Å². The Morgan fingerprint density at radius 1 is 1.57 bits per heavy atom. The van der Waals surface area contributed by atoms with Gasteiger partial charge in [0.05, 0.1) is 6.20 Å². The van der Waals surface area contributed by atoms with Crippen molar-refractivity contribution in [2.24, 2.45) is 10.2 Å². The van der Waals surface area contributed by atoms with E-state index in [9.17, 15) is 18.0 Å². The number of rotatable bonds is 2. The summed E-state index contributed by atoms with van der Waals surface area (Å²) >= 11 is 5.40. The largest absolute Gasteiger partial charge is 0.485 e. The van der Waals surface area contributed by atoms with Crippen molar-refractivity contribution < 1.29 is 22.7 Å². The summed E-state index contributed by atoms with van der Waals surface area (Å²) < 4.78 is 39.4. The molecule has 1 amide bonds. The van der Waals surface area contributed by atoms with E-state index in [1.807, 2.05) is 0 Å². The van der Waals surface area contributed by atoms with Crippen LogP contribution in [0.2, 0.25) is 0 Å². The lowest BCUT2D eigenvalue weighted by Gasteiger charge is -2.15. The van der Waals surface area contributed by atoms with Crippen LogP contribution in [0.1, 0.15) is 0 Å². The van der Waals surface area contributed by atoms with Gasteiger partial charge in [-0.05, 0) is 0 Å². The molecule has 0 aromatic heterocycles. The molecule has 0 N–H and O–H groups in total. The molecule has 0 aromatic carbocycles. The molecule has 1 rings (SSSR count). The van der Waals surface area contributed by atoms with E-state index in [-0.39, 0.29) is 5.76 Å². The minimum absolute atomic E-state index is 0.344. The Balaban J connectivity index is 2.57. The van der Waals surface area contributed by atoms with E-state index in [0.29, 0.717) is 0 Å². The van der Waals surface area contributed by atoms with Crippen LogP contribution >= 0.6 is 11.6 Å². The lowest BCUT2D eigenvalue weighted by molar-refractivity contribution is -0.165. The third-order valence-corrected chi connectivity index (χ3v) is 1.61. The first-order valence-corrected chi connectivity index (χ1v) is 3.82. The molecular weight excluding hydrogens is 225 g/mol. The van der Waals surface area contributed by atoms with Gasteiger partial charge in [0.2, 0.25) is 0 Å². The average molecular weight is 229 g/mol. The monoisotopic (exact) mass is 228 g/mol. The van der Waals surface area contributed by atoms with E-state index in [4.69, 9.17) is 11.6 Å². The molecule has 8 heteroatoms. The highest BCUT2D eigenvalue weighted by molar-refractivity contribution is 6.32. The van der Waals surface area contributed by atoms with Crippen molar-refractivity contribution >= 4 is 17.5 Å². The van der Waals surface area contributed by atoms with Crippen molar-refractivity contribution in [3.63, 3.8) is 0 Å². The molecule has 1 aliphatic heterocycles. The summed E-state index contributed by atoms with van der Waals surface area (Å²) in [5.41, 5.74) is 0. The molecule has 14 heavy (non-hydrogen) atoms. The predicted molar refractivity (Wildman–Crippen MR) is 39.6 cm³/mol. The Labute approximate surface area is 81.4 Å². The van der Waals surface area contributed by atoms with E-state index < -0.39 is 24.1 Å². The molecule has 4 nitrogen and oxygen atoms in total. The summed E-state index contributed by atoms with van der Waals surface area (Å²) in [5.74, 6) is -1.18. The smallest absolute Gasteiger partial charge is 0.422 e. The third-order valence-electron chi connectivity index (χ3n) is 1.21. The van der Waals surface area contributed by atoms with Gasteiger partial charge >= 0.3 is 6.18 Å².